The molecule has 0 fully saturated rings. The van der Waals surface area contributed by atoms with Gasteiger partial charge in [0.25, 0.3) is 0 Å². The van der Waals surface area contributed by atoms with Crippen molar-refractivity contribution in [2.75, 3.05) is 31.7 Å². The Hall–Kier alpha value is -0.820. The molecule has 1 unspecified atom stereocenters. The minimum Gasteiger partial charge on any atom is -0.489 e. The van der Waals surface area contributed by atoms with Crippen LogP contribution in [-0.2, 0) is 9.84 Å². The lowest BCUT2D eigenvalue weighted by Crippen LogP contribution is -2.34. The zero-order valence-electron chi connectivity index (χ0n) is 10.7. The van der Waals surface area contributed by atoms with Crippen LogP contribution in [0.1, 0.15) is 0 Å². The highest BCUT2D eigenvalue weighted by molar-refractivity contribution is 7.90. The Kier molecular flexibility index (Phi) is 6.57. The van der Waals surface area contributed by atoms with E-state index in [-0.39, 0.29) is 18.9 Å². The smallest absolute Gasteiger partial charge is 0.148 e. The molecular weight excluding hydrogens is 290 g/mol. The SMILES string of the molecule is CS(=O)(=O)CCNCC(O)COc1ccccc1Cl. The van der Waals surface area contributed by atoms with Crippen LogP contribution in [0.25, 0.3) is 0 Å². The number of halogens is 1. The number of para-hydroxylation sites is 1. The Morgan fingerprint density at radius 2 is 2.11 bits per heavy atom. The molecule has 1 aromatic rings. The third kappa shape index (κ3) is 7.37. The van der Waals surface area contributed by atoms with Crippen LogP contribution in [0.3, 0.4) is 0 Å². The first-order valence-corrected chi connectivity index (χ1v) is 8.26. The summed E-state index contributed by atoms with van der Waals surface area (Å²) in [5, 5.41) is 13.0. The van der Waals surface area contributed by atoms with Crippen molar-refractivity contribution in [3.63, 3.8) is 0 Å². The Morgan fingerprint density at radius 1 is 1.42 bits per heavy atom. The van der Waals surface area contributed by atoms with E-state index in [1.807, 2.05) is 0 Å². The van der Waals surface area contributed by atoms with E-state index in [4.69, 9.17) is 16.3 Å². The number of nitrogens with one attached hydrogen (secondary N) is 1. The number of aliphatic hydroxyl groups excluding tert-OH is 1. The lowest BCUT2D eigenvalue weighted by molar-refractivity contribution is 0.107. The molecule has 0 aliphatic rings. The molecule has 19 heavy (non-hydrogen) atoms. The molecule has 108 valence electrons. The van der Waals surface area contributed by atoms with Crippen molar-refractivity contribution < 1.29 is 18.3 Å². The van der Waals surface area contributed by atoms with Crippen molar-refractivity contribution >= 4 is 21.4 Å². The molecule has 0 spiro atoms. The minimum atomic E-state index is -2.98. The third-order valence-corrected chi connectivity index (χ3v) is 3.56. The molecule has 0 saturated heterocycles. The Balaban J connectivity index is 2.22. The molecule has 1 aromatic carbocycles. The van der Waals surface area contributed by atoms with E-state index in [1.54, 1.807) is 24.3 Å². The maximum absolute atomic E-state index is 10.9. The van der Waals surface area contributed by atoms with Crippen LogP contribution in [0.15, 0.2) is 24.3 Å². The van der Waals surface area contributed by atoms with E-state index in [1.165, 1.54) is 6.26 Å². The molecular formula is C12H18ClNO4S. The average Bonchev–Trinajstić information content (AvgIpc) is 2.32. The highest BCUT2D eigenvalue weighted by atomic mass is 35.5. The largest absolute Gasteiger partial charge is 0.489 e. The molecule has 0 aromatic heterocycles. The van der Waals surface area contributed by atoms with Gasteiger partial charge in [-0.05, 0) is 12.1 Å². The number of sulfone groups is 1. The van der Waals surface area contributed by atoms with Gasteiger partial charge in [0.05, 0.1) is 10.8 Å². The molecule has 0 aliphatic carbocycles. The van der Waals surface area contributed by atoms with Crippen molar-refractivity contribution in [1.29, 1.82) is 0 Å². The zero-order valence-corrected chi connectivity index (χ0v) is 12.2. The maximum atomic E-state index is 10.9. The average molecular weight is 308 g/mol. The van der Waals surface area contributed by atoms with Gasteiger partial charge in [-0.2, -0.15) is 0 Å². The fourth-order valence-corrected chi connectivity index (χ4v) is 2.04. The topological polar surface area (TPSA) is 75.6 Å². The van der Waals surface area contributed by atoms with Crippen molar-refractivity contribution in [1.82, 2.24) is 5.32 Å². The fraction of sp³-hybridized carbons (Fsp3) is 0.500. The van der Waals surface area contributed by atoms with Crippen LogP contribution in [0.4, 0.5) is 0 Å². The predicted molar refractivity (Wildman–Crippen MR) is 75.5 cm³/mol. The van der Waals surface area contributed by atoms with Crippen molar-refractivity contribution in [3.8, 4) is 5.75 Å². The molecule has 0 amide bonds. The Morgan fingerprint density at radius 3 is 2.74 bits per heavy atom. The van der Waals surface area contributed by atoms with Crippen molar-refractivity contribution in [2.45, 2.75) is 6.10 Å². The molecule has 7 heteroatoms. The summed E-state index contributed by atoms with van der Waals surface area (Å²) >= 11 is 5.90. The van der Waals surface area contributed by atoms with Gasteiger partial charge in [-0.15, -0.1) is 0 Å². The summed E-state index contributed by atoms with van der Waals surface area (Å²) < 4.78 is 27.1. The molecule has 0 saturated carbocycles. The first kappa shape index (κ1) is 16.2. The van der Waals surface area contributed by atoms with Crippen LogP contribution in [0, 0.1) is 0 Å². The minimum absolute atomic E-state index is 0.0467. The van der Waals surface area contributed by atoms with Gasteiger partial charge in [0, 0.05) is 19.3 Å². The molecule has 0 heterocycles. The Bertz CT molecular complexity index is 492. The van der Waals surface area contributed by atoms with Gasteiger partial charge < -0.3 is 15.2 Å². The van der Waals surface area contributed by atoms with Gasteiger partial charge in [-0.1, -0.05) is 23.7 Å². The van der Waals surface area contributed by atoms with Crippen LogP contribution in [0.5, 0.6) is 5.75 Å². The number of ether oxygens (including phenoxy) is 1. The van der Waals surface area contributed by atoms with Gasteiger partial charge in [-0.25, -0.2) is 8.42 Å². The summed E-state index contributed by atoms with van der Waals surface area (Å²) in [6.07, 6.45) is 0.446. The van der Waals surface area contributed by atoms with E-state index >= 15 is 0 Å². The summed E-state index contributed by atoms with van der Waals surface area (Å²) in [5.74, 6) is 0.560. The first-order chi connectivity index (χ1) is 8.88. The Labute approximate surface area is 118 Å². The second-order valence-electron chi connectivity index (χ2n) is 4.23. The van der Waals surface area contributed by atoms with E-state index in [9.17, 15) is 13.5 Å². The maximum Gasteiger partial charge on any atom is 0.148 e. The van der Waals surface area contributed by atoms with Gasteiger partial charge in [0.2, 0.25) is 0 Å². The number of benzene rings is 1. The third-order valence-electron chi connectivity index (χ3n) is 2.30. The summed E-state index contributed by atoms with van der Waals surface area (Å²) in [7, 11) is -2.98. The molecule has 5 nitrogen and oxygen atoms in total. The molecule has 1 rings (SSSR count). The quantitative estimate of drug-likeness (QED) is 0.692. The number of hydrogen-bond acceptors (Lipinski definition) is 5. The van der Waals surface area contributed by atoms with Crippen LogP contribution in [0.2, 0.25) is 5.02 Å². The van der Waals surface area contributed by atoms with Gasteiger partial charge >= 0.3 is 0 Å². The molecule has 2 N–H and O–H groups in total. The monoisotopic (exact) mass is 307 g/mol. The predicted octanol–water partition coefficient (Wildman–Crippen LogP) is 0.714. The van der Waals surface area contributed by atoms with E-state index in [2.05, 4.69) is 5.32 Å². The van der Waals surface area contributed by atoms with E-state index in [0.717, 1.165) is 0 Å². The molecule has 0 radical (unpaired) electrons. The molecule has 1 atom stereocenters. The van der Waals surface area contributed by atoms with Gasteiger partial charge in [-0.3, -0.25) is 0 Å². The second-order valence-corrected chi connectivity index (χ2v) is 6.90. The lowest BCUT2D eigenvalue weighted by Gasteiger charge is -2.13. The molecule has 0 bridgehead atoms. The zero-order chi connectivity index (χ0) is 14.3. The van der Waals surface area contributed by atoms with E-state index < -0.39 is 15.9 Å². The van der Waals surface area contributed by atoms with Crippen LogP contribution in [-0.4, -0.2) is 51.3 Å². The van der Waals surface area contributed by atoms with Crippen molar-refractivity contribution in [2.24, 2.45) is 0 Å². The molecule has 0 aliphatic heterocycles. The standard InChI is InChI=1S/C12H18ClNO4S/c1-19(16,17)7-6-14-8-10(15)9-18-12-5-3-2-4-11(12)13/h2-5,10,14-15H,6-9H2,1H3. The van der Waals surface area contributed by atoms with Gasteiger partial charge in [0.15, 0.2) is 0 Å². The highest BCUT2D eigenvalue weighted by Gasteiger charge is 2.07. The number of aliphatic hydroxyl groups is 1. The van der Waals surface area contributed by atoms with Crippen molar-refractivity contribution in [3.05, 3.63) is 29.3 Å². The first-order valence-electron chi connectivity index (χ1n) is 5.82. The summed E-state index contributed by atoms with van der Waals surface area (Å²) in [6.45, 7) is 0.664. The number of hydrogen-bond donors (Lipinski definition) is 2. The summed E-state index contributed by atoms with van der Waals surface area (Å²) in [6, 6.07) is 7.00. The fourth-order valence-electron chi connectivity index (χ4n) is 1.33. The second kappa shape index (κ2) is 7.69. The summed E-state index contributed by atoms with van der Waals surface area (Å²) in [4.78, 5) is 0. The normalized spacial score (nSPS) is 13.2. The highest BCUT2D eigenvalue weighted by Crippen LogP contribution is 2.22. The number of rotatable bonds is 8. The van der Waals surface area contributed by atoms with Gasteiger partial charge in [0.1, 0.15) is 28.3 Å². The van der Waals surface area contributed by atoms with Crippen LogP contribution < -0.4 is 10.1 Å². The van der Waals surface area contributed by atoms with E-state index in [0.29, 0.717) is 17.3 Å². The summed E-state index contributed by atoms with van der Waals surface area (Å²) in [5.41, 5.74) is 0. The van der Waals surface area contributed by atoms with Crippen LogP contribution >= 0.6 is 11.6 Å². The lowest BCUT2D eigenvalue weighted by atomic mass is 10.3.